The number of fused-ring (bicyclic) bond motifs is 1. The lowest BCUT2D eigenvalue weighted by molar-refractivity contribution is -0.122. The Bertz CT molecular complexity index is 1100. The zero-order valence-corrected chi connectivity index (χ0v) is 17.5. The summed E-state index contributed by atoms with van der Waals surface area (Å²) in [5.74, 6) is -1.40. The average molecular weight is 442 g/mol. The fraction of sp³-hybridized carbons (Fsp3) is 0.348. The molecule has 6 nitrogen and oxygen atoms in total. The Morgan fingerprint density at radius 2 is 1.90 bits per heavy atom. The number of carbonyl (C=O) groups is 3. The van der Waals surface area contributed by atoms with E-state index in [4.69, 9.17) is 11.6 Å². The fourth-order valence-electron chi connectivity index (χ4n) is 4.30. The first kappa shape index (κ1) is 20.0. The third-order valence-electron chi connectivity index (χ3n) is 6.15. The average Bonchev–Trinajstić information content (AvgIpc) is 3.40. The van der Waals surface area contributed by atoms with Crippen LogP contribution in [-0.4, -0.2) is 30.8 Å². The summed E-state index contributed by atoms with van der Waals surface area (Å²) >= 11 is 5.88. The zero-order chi connectivity index (χ0) is 21.7. The SMILES string of the molecule is O=C(Nc1cc(Cl)ccc1F)[C@H]1CC(=O)N(c2ccc3c(c2)CCN3C(=O)C2CC2)C1. The smallest absolute Gasteiger partial charge is 0.230 e. The molecule has 0 unspecified atom stereocenters. The van der Waals surface area contributed by atoms with Crippen LogP contribution in [0.5, 0.6) is 0 Å². The molecule has 1 N–H and O–H groups in total. The van der Waals surface area contributed by atoms with E-state index in [2.05, 4.69) is 5.32 Å². The Kier molecular flexibility index (Phi) is 4.93. The second-order valence-corrected chi connectivity index (χ2v) is 8.78. The molecule has 8 heteroatoms. The molecule has 0 aromatic heterocycles. The van der Waals surface area contributed by atoms with E-state index >= 15 is 0 Å². The largest absolute Gasteiger partial charge is 0.323 e. The van der Waals surface area contributed by atoms with Gasteiger partial charge < -0.3 is 15.1 Å². The Hall–Kier alpha value is -2.93. The van der Waals surface area contributed by atoms with Gasteiger partial charge in [-0.1, -0.05) is 11.6 Å². The number of nitrogens with zero attached hydrogens (tertiary/aromatic N) is 2. The predicted octanol–water partition coefficient (Wildman–Crippen LogP) is 3.77. The molecule has 3 aliphatic rings. The molecular weight excluding hydrogens is 421 g/mol. The number of hydrogen-bond acceptors (Lipinski definition) is 3. The molecule has 1 saturated heterocycles. The van der Waals surface area contributed by atoms with Crippen molar-refractivity contribution in [3.05, 3.63) is 52.8 Å². The minimum Gasteiger partial charge on any atom is -0.323 e. The number of rotatable bonds is 4. The molecule has 0 spiro atoms. The molecule has 1 aliphatic carbocycles. The molecule has 3 amide bonds. The van der Waals surface area contributed by atoms with Gasteiger partial charge in [-0.15, -0.1) is 0 Å². The number of amides is 3. The molecule has 5 rings (SSSR count). The molecule has 0 radical (unpaired) electrons. The first-order valence-corrected chi connectivity index (χ1v) is 10.8. The predicted molar refractivity (Wildman–Crippen MR) is 116 cm³/mol. The first-order valence-electron chi connectivity index (χ1n) is 10.4. The van der Waals surface area contributed by atoms with E-state index in [0.29, 0.717) is 17.3 Å². The van der Waals surface area contributed by atoms with Crippen molar-refractivity contribution in [2.24, 2.45) is 11.8 Å². The highest BCUT2D eigenvalue weighted by atomic mass is 35.5. The Balaban J connectivity index is 1.30. The van der Waals surface area contributed by atoms with Crippen molar-refractivity contribution in [1.82, 2.24) is 0 Å². The maximum atomic E-state index is 13.9. The van der Waals surface area contributed by atoms with Crippen molar-refractivity contribution in [2.45, 2.75) is 25.7 Å². The van der Waals surface area contributed by atoms with Crippen LogP contribution in [0, 0.1) is 17.7 Å². The van der Waals surface area contributed by atoms with Gasteiger partial charge in [0.1, 0.15) is 5.82 Å². The van der Waals surface area contributed by atoms with Crippen LogP contribution in [0.15, 0.2) is 36.4 Å². The van der Waals surface area contributed by atoms with Crippen LogP contribution in [0.25, 0.3) is 0 Å². The van der Waals surface area contributed by atoms with Crippen LogP contribution in [-0.2, 0) is 20.8 Å². The minimum absolute atomic E-state index is 0.00125. The highest BCUT2D eigenvalue weighted by molar-refractivity contribution is 6.30. The van der Waals surface area contributed by atoms with Crippen LogP contribution < -0.4 is 15.1 Å². The van der Waals surface area contributed by atoms with Crippen molar-refractivity contribution in [2.75, 3.05) is 28.2 Å². The fourth-order valence-corrected chi connectivity index (χ4v) is 4.47. The van der Waals surface area contributed by atoms with Gasteiger partial charge in [0.05, 0.1) is 11.6 Å². The summed E-state index contributed by atoms with van der Waals surface area (Å²) < 4.78 is 13.9. The zero-order valence-electron chi connectivity index (χ0n) is 16.7. The minimum atomic E-state index is -0.591. The van der Waals surface area contributed by atoms with Crippen molar-refractivity contribution in [3.8, 4) is 0 Å². The van der Waals surface area contributed by atoms with Crippen molar-refractivity contribution < 1.29 is 18.8 Å². The summed E-state index contributed by atoms with van der Waals surface area (Å²) in [6.07, 6.45) is 2.74. The van der Waals surface area contributed by atoms with E-state index in [1.165, 1.54) is 18.2 Å². The third kappa shape index (κ3) is 3.78. The molecule has 2 fully saturated rings. The molecule has 2 aromatic carbocycles. The van der Waals surface area contributed by atoms with Crippen molar-refractivity contribution >= 4 is 46.4 Å². The van der Waals surface area contributed by atoms with E-state index in [-0.39, 0.29) is 36.4 Å². The Labute approximate surface area is 184 Å². The standard InChI is InChI=1S/C23H21ClFN3O3/c24-16-3-5-18(25)19(11-16)26-22(30)15-10-21(29)28(12-15)17-4-6-20-14(9-17)7-8-27(20)23(31)13-1-2-13/h3-6,9,11,13,15H,1-2,7-8,10,12H2,(H,26,30)/t15-/m0/s1. The van der Waals surface area contributed by atoms with E-state index in [0.717, 1.165) is 30.5 Å². The molecule has 2 aliphatic heterocycles. The van der Waals surface area contributed by atoms with Crippen molar-refractivity contribution in [3.63, 3.8) is 0 Å². The van der Waals surface area contributed by atoms with Gasteiger partial charge in [0.25, 0.3) is 0 Å². The quantitative estimate of drug-likeness (QED) is 0.785. The van der Waals surface area contributed by atoms with Crippen molar-refractivity contribution in [1.29, 1.82) is 0 Å². The molecule has 1 saturated carbocycles. The molecule has 31 heavy (non-hydrogen) atoms. The van der Waals surface area contributed by atoms with Gasteiger partial charge in [0.15, 0.2) is 0 Å². The lowest BCUT2D eigenvalue weighted by Gasteiger charge is -2.20. The van der Waals surface area contributed by atoms with E-state index < -0.39 is 17.6 Å². The van der Waals surface area contributed by atoms with E-state index in [1.54, 1.807) is 4.90 Å². The monoisotopic (exact) mass is 441 g/mol. The number of nitrogens with one attached hydrogen (secondary N) is 1. The number of halogens is 2. The maximum Gasteiger partial charge on any atom is 0.230 e. The normalized spacial score (nSPS) is 20.2. The second-order valence-electron chi connectivity index (χ2n) is 8.35. The summed E-state index contributed by atoms with van der Waals surface area (Å²) in [6.45, 7) is 0.884. The number of benzene rings is 2. The first-order chi connectivity index (χ1) is 14.9. The van der Waals surface area contributed by atoms with Gasteiger partial charge in [-0.2, -0.15) is 0 Å². The molecule has 0 bridgehead atoms. The molecule has 2 aromatic rings. The molecule has 1 atom stereocenters. The Morgan fingerprint density at radius 3 is 2.68 bits per heavy atom. The number of hydrogen-bond donors (Lipinski definition) is 1. The number of carbonyl (C=O) groups excluding carboxylic acids is 3. The van der Waals surface area contributed by atoms with Crippen LogP contribution in [0.4, 0.5) is 21.5 Å². The van der Waals surface area contributed by atoms with E-state index in [1.807, 2.05) is 23.1 Å². The van der Waals surface area contributed by atoms with Gasteiger partial charge in [0, 0.05) is 41.8 Å². The van der Waals surface area contributed by atoms with Gasteiger partial charge in [-0.25, -0.2) is 4.39 Å². The van der Waals surface area contributed by atoms with Crippen LogP contribution in [0.1, 0.15) is 24.8 Å². The molecule has 2 heterocycles. The third-order valence-corrected chi connectivity index (χ3v) is 6.38. The van der Waals surface area contributed by atoms with Gasteiger partial charge in [0.2, 0.25) is 17.7 Å². The highest BCUT2D eigenvalue weighted by Crippen LogP contribution is 2.38. The number of anilines is 3. The van der Waals surface area contributed by atoms with Crippen LogP contribution >= 0.6 is 11.6 Å². The lowest BCUT2D eigenvalue weighted by atomic mass is 10.1. The van der Waals surface area contributed by atoms with Crippen LogP contribution in [0.3, 0.4) is 0 Å². The maximum absolute atomic E-state index is 13.9. The van der Waals surface area contributed by atoms with Gasteiger partial charge in [-0.05, 0) is 61.2 Å². The summed E-state index contributed by atoms with van der Waals surface area (Å²) in [4.78, 5) is 41.1. The summed E-state index contributed by atoms with van der Waals surface area (Å²) in [6, 6.07) is 9.58. The van der Waals surface area contributed by atoms with Gasteiger partial charge in [-0.3, -0.25) is 14.4 Å². The summed E-state index contributed by atoms with van der Waals surface area (Å²) in [7, 11) is 0. The Morgan fingerprint density at radius 1 is 1.10 bits per heavy atom. The summed E-state index contributed by atoms with van der Waals surface area (Å²) in [5, 5.41) is 2.85. The molecule has 160 valence electrons. The van der Waals surface area contributed by atoms with Crippen LogP contribution in [0.2, 0.25) is 5.02 Å². The van der Waals surface area contributed by atoms with E-state index in [9.17, 15) is 18.8 Å². The highest BCUT2D eigenvalue weighted by Gasteiger charge is 2.38. The lowest BCUT2D eigenvalue weighted by Crippen LogP contribution is -2.30. The van der Waals surface area contributed by atoms with Gasteiger partial charge >= 0.3 is 0 Å². The topological polar surface area (TPSA) is 69.7 Å². The molecular formula is C23H21ClFN3O3. The summed E-state index contributed by atoms with van der Waals surface area (Å²) in [5.41, 5.74) is 2.67. The second kappa shape index (κ2) is 7.64.